The maximum Gasteiger partial charge on any atom is 0.234 e. The van der Waals surface area contributed by atoms with Crippen LogP contribution in [0.2, 0.25) is 0 Å². The van der Waals surface area contributed by atoms with Crippen molar-refractivity contribution in [3.8, 4) is 5.75 Å². The first-order valence-electron chi connectivity index (χ1n) is 8.56. The van der Waals surface area contributed by atoms with Gasteiger partial charge in [0.05, 0.1) is 19.6 Å². The third-order valence-electron chi connectivity index (χ3n) is 4.39. The molecule has 7 heteroatoms. The van der Waals surface area contributed by atoms with E-state index >= 15 is 0 Å². The summed E-state index contributed by atoms with van der Waals surface area (Å²) in [6.45, 7) is 4.38. The minimum atomic E-state index is 0.0187. The van der Waals surface area contributed by atoms with Crippen molar-refractivity contribution in [2.75, 3.05) is 26.7 Å². The van der Waals surface area contributed by atoms with Crippen LogP contribution in [0.15, 0.2) is 28.8 Å². The lowest BCUT2D eigenvalue weighted by Gasteiger charge is -2.30. The first-order chi connectivity index (χ1) is 12.1. The Kier molecular flexibility index (Phi) is 5.65. The van der Waals surface area contributed by atoms with Gasteiger partial charge in [-0.3, -0.25) is 9.69 Å². The number of hydrogen-bond donors (Lipinski definition) is 1. The third kappa shape index (κ3) is 4.79. The molecule has 0 aliphatic carbocycles. The highest BCUT2D eigenvalue weighted by atomic mass is 16.5. The van der Waals surface area contributed by atoms with E-state index < -0.39 is 0 Å². The molecule has 1 aliphatic rings. The van der Waals surface area contributed by atoms with Crippen LogP contribution in [0.1, 0.15) is 36.0 Å². The van der Waals surface area contributed by atoms with Gasteiger partial charge in [0.2, 0.25) is 11.8 Å². The molecule has 1 atom stereocenters. The number of aryl methyl sites for hydroxylation is 1. The fourth-order valence-electron chi connectivity index (χ4n) is 3.12. The van der Waals surface area contributed by atoms with E-state index in [1.54, 1.807) is 7.11 Å². The minimum absolute atomic E-state index is 0.0187. The second-order valence-corrected chi connectivity index (χ2v) is 6.38. The number of carbonyl (C=O) groups excluding carboxylic acids is 1. The smallest absolute Gasteiger partial charge is 0.234 e. The maximum absolute atomic E-state index is 12.3. The summed E-state index contributed by atoms with van der Waals surface area (Å²) >= 11 is 0. The summed E-state index contributed by atoms with van der Waals surface area (Å²) in [7, 11) is 1.63. The van der Waals surface area contributed by atoms with Crippen molar-refractivity contribution < 1.29 is 14.1 Å². The number of methoxy groups -OCH3 is 1. The zero-order valence-electron chi connectivity index (χ0n) is 14.7. The van der Waals surface area contributed by atoms with Crippen molar-refractivity contribution in [2.45, 2.75) is 32.2 Å². The SMILES string of the molecule is COc1cccc(CNC(=O)CN2CCCC(c3nc(C)no3)C2)c1. The van der Waals surface area contributed by atoms with Gasteiger partial charge in [-0.2, -0.15) is 4.98 Å². The lowest BCUT2D eigenvalue weighted by molar-refractivity contribution is -0.122. The minimum Gasteiger partial charge on any atom is -0.497 e. The van der Waals surface area contributed by atoms with Gasteiger partial charge in [0.1, 0.15) is 5.75 Å². The van der Waals surface area contributed by atoms with E-state index in [2.05, 4.69) is 20.4 Å². The molecule has 1 amide bonds. The number of piperidine rings is 1. The fourth-order valence-corrected chi connectivity index (χ4v) is 3.12. The number of likely N-dealkylation sites (tertiary alicyclic amines) is 1. The normalized spacial score (nSPS) is 18.1. The van der Waals surface area contributed by atoms with E-state index in [4.69, 9.17) is 9.26 Å². The molecule has 0 spiro atoms. The average Bonchev–Trinajstić information content (AvgIpc) is 3.07. The number of ether oxygens (including phenoxy) is 1. The monoisotopic (exact) mass is 344 g/mol. The standard InChI is InChI=1S/C18H24N4O3/c1-13-20-18(25-21-13)15-6-4-8-22(11-15)12-17(23)19-10-14-5-3-7-16(9-14)24-2/h3,5,7,9,15H,4,6,8,10-12H2,1-2H3,(H,19,23). The number of aromatic nitrogens is 2. The number of amides is 1. The van der Waals surface area contributed by atoms with E-state index in [-0.39, 0.29) is 11.8 Å². The first kappa shape index (κ1) is 17.4. The molecule has 2 heterocycles. The maximum atomic E-state index is 12.3. The number of carbonyl (C=O) groups is 1. The Bertz CT molecular complexity index is 716. The van der Waals surface area contributed by atoms with Gasteiger partial charge >= 0.3 is 0 Å². The Hall–Kier alpha value is -2.41. The van der Waals surface area contributed by atoms with Crippen molar-refractivity contribution >= 4 is 5.91 Å². The van der Waals surface area contributed by atoms with Gasteiger partial charge in [0.15, 0.2) is 5.82 Å². The Balaban J connectivity index is 1.48. The number of nitrogens with one attached hydrogen (secondary N) is 1. The zero-order chi connectivity index (χ0) is 17.6. The van der Waals surface area contributed by atoms with Crippen LogP contribution in [0, 0.1) is 6.92 Å². The molecule has 1 aliphatic heterocycles. The summed E-state index contributed by atoms with van der Waals surface area (Å²) < 4.78 is 10.5. The van der Waals surface area contributed by atoms with Gasteiger partial charge in [0.25, 0.3) is 0 Å². The second kappa shape index (κ2) is 8.11. The van der Waals surface area contributed by atoms with Crippen LogP contribution < -0.4 is 10.1 Å². The Morgan fingerprint density at radius 3 is 3.12 bits per heavy atom. The number of nitrogens with zero attached hydrogens (tertiary/aromatic N) is 3. The molecule has 7 nitrogen and oxygen atoms in total. The van der Waals surface area contributed by atoms with E-state index in [0.717, 1.165) is 37.2 Å². The molecule has 134 valence electrons. The van der Waals surface area contributed by atoms with Crippen LogP contribution >= 0.6 is 0 Å². The highest BCUT2D eigenvalue weighted by Crippen LogP contribution is 2.25. The summed E-state index contributed by atoms with van der Waals surface area (Å²) in [6, 6.07) is 7.70. The number of benzene rings is 1. The highest BCUT2D eigenvalue weighted by molar-refractivity contribution is 5.78. The van der Waals surface area contributed by atoms with Crippen molar-refractivity contribution in [2.24, 2.45) is 0 Å². The van der Waals surface area contributed by atoms with Crippen molar-refractivity contribution in [1.29, 1.82) is 0 Å². The largest absolute Gasteiger partial charge is 0.497 e. The summed E-state index contributed by atoms with van der Waals surface area (Å²) in [5.41, 5.74) is 1.02. The molecule has 0 radical (unpaired) electrons. The first-order valence-corrected chi connectivity index (χ1v) is 8.56. The van der Waals surface area contributed by atoms with Crippen molar-refractivity contribution in [3.05, 3.63) is 41.5 Å². The summed E-state index contributed by atoms with van der Waals surface area (Å²) in [5.74, 6) is 2.36. The van der Waals surface area contributed by atoms with Gasteiger partial charge in [-0.15, -0.1) is 0 Å². The van der Waals surface area contributed by atoms with Gasteiger partial charge in [0, 0.05) is 13.1 Å². The predicted octanol–water partition coefficient (Wildman–Crippen LogP) is 1.88. The van der Waals surface area contributed by atoms with E-state index in [9.17, 15) is 4.79 Å². The van der Waals surface area contributed by atoms with Crippen LogP contribution in [0.4, 0.5) is 0 Å². The molecule has 1 aromatic carbocycles. The predicted molar refractivity (Wildman–Crippen MR) is 92.3 cm³/mol. The molecule has 1 N–H and O–H groups in total. The zero-order valence-corrected chi connectivity index (χ0v) is 14.7. The lowest BCUT2D eigenvalue weighted by Crippen LogP contribution is -2.41. The molecule has 25 heavy (non-hydrogen) atoms. The topological polar surface area (TPSA) is 80.5 Å². The molecule has 1 aromatic heterocycles. The molecule has 0 saturated carbocycles. The van der Waals surface area contributed by atoms with E-state index in [1.165, 1.54) is 0 Å². The van der Waals surface area contributed by atoms with E-state index in [0.29, 0.717) is 24.8 Å². The molecule has 2 aromatic rings. The average molecular weight is 344 g/mol. The molecule has 0 bridgehead atoms. The van der Waals surface area contributed by atoms with Crippen LogP contribution in [0.25, 0.3) is 0 Å². The Morgan fingerprint density at radius 1 is 1.48 bits per heavy atom. The molecule has 1 fully saturated rings. The van der Waals surface area contributed by atoms with Gasteiger partial charge < -0.3 is 14.6 Å². The van der Waals surface area contributed by atoms with E-state index in [1.807, 2.05) is 31.2 Å². The summed E-state index contributed by atoms with van der Waals surface area (Å²) in [6.07, 6.45) is 2.04. The van der Waals surface area contributed by atoms with Crippen LogP contribution in [0.5, 0.6) is 5.75 Å². The molecular formula is C18H24N4O3. The molecular weight excluding hydrogens is 320 g/mol. The fraction of sp³-hybridized carbons (Fsp3) is 0.500. The number of rotatable bonds is 6. The van der Waals surface area contributed by atoms with Crippen LogP contribution in [-0.4, -0.2) is 47.7 Å². The number of hydrogen-bond acceptors (Lipinski definition) is 6. The summed E-state index contributed by atoms with van der Waals surface area (Å²) in [5, 5.41) is 6.83. The lowest BCUT2D eigenvalue weighted by atomic mass is 9.98. The third-order valence-corrected chi connectivity index (χ3v) is 4.39. The highest BCUT2D eigenvalue weighted by Gasteiger charge is 2.26. The van der Waals surface area contributed by atoms with Crippen molar-refractivity contribution in [1.82, 2.24) is 20.4 Å². The Labute approximate surface area is 147 Å². The molecule has 3 rings (SSSR count). The molecule has 1 unspecified atom stereocenters. The van der Waals surface area contributed by atoms with Gasteiger partial charge in [-0.05, 0) is 44.0 Å². The summed E-state index contributed by atoms with van der Waals surface area (Å²) in [4.78, 5) is 18.7. The van der Waals surface area contributed by atoms with Gasteiger partial charge in [-0.25, -0.2) is 0 Å². The van der Waals surface area contributed by atoms with Gasteiger partial charge in [-0.1, -0.05) is 17.3 Å². The second-order valence-electron chi connectivity index (χ2n) is 6.38. The van der Waals surface area contributed by atoms with Crippen molar-refractivity contribution in [3.63, 3.8) is 0 Å². The van der Waals surface area contributed by atoms with Crippen LogP contribution in [-0.2, 0) is 11.3 Å². The van der Waals surface area contributed by atoms with Crippen LogP contribution in [0.3, 0.4) is 0 Å². The Morgan fingerprint density at radius 2 is 2.36 bits per heavy atom. The molecule has 1 saturated heterocycles. The quantitative estimate of drug-likeness (QED) is 0.862.